The zero-order valence-corrected chi connectivity index (χ0v) is 16.0. The molecule has 8 heteroatoms. The van der Waals surface area contributed by atoms with Crippen LogP contribution in [0, 0.1) is 34.6 Å². The number of benzene rings is 1. The van der Waals surface area contributed by atoms with Crippen molar-refractivity contribution in [2.45, 2.75) is 58.2 Å². The van der Waals surface area contributed by atoms with Gasteiger partial charge in [-0.15, -0.1) is 0 Å². The molecule has 1 fully saturated rings. The van der Waals surface area contributed by atoms with Crippen molar-refractivity contribution in [3.8, 4) is 0 Å². The molecule has 1 aromatic rings. The van der Waals surface area contributed by atoms with E-state index in [1.807, 2.05) is 20.8 Å². The maximum Gasteiger partial charge on any atom is 0.401 e. The van der Waals surface area contributed by atoms with Crippen molar-refractivity contribution in [3.05, 3.63) is 27.8 Å². The Bertz CT molecular complexity index is 744. The van der Waals surface area contributed by atoms with Crippen LogP contribution in [-0.2, 0) is 10.0 Å². The first-order valence-corrected chi connectivity index (χ1v) is 9.70. The molecule has 1 atom stereocenters. The smallest absolute Gasteiger partial charge is 0.293 e. The Morgan fingerprint density at radius 3 is 1.96 bits per heavy atom. The molecule has 0 saturated carbocycles. The molecule has 0 amide bonds. The summed E-state index contributed by atoms with van der Waals surface area (Å²) in [4.78, 5) is 1.49. The van der Waals surface area contributed by atoms with E-state index in [0.29, 0.717) is 17.5 Å². The molecule has 1 N–H and O–H groups in total. The van der Waals surface area contributed by atoms with Crippen LogP contribution in [0.5, 0.6) is 0 Å². The van der Waals surface area contributed by atoms with Crippen LogP contribution in [0.2, 0.25) is 0 Å². The fraction of sp³-hybridized carbons (Fsp3) is 0.647. The van der Waals surface area contributed by atoms with E-state index in [-0.39, 0.29) is 18.0 Å². The number of sulfonamides is 1. The van der Waals surface area contributed by atoms with E-state index in [1.165, 1.54) is 4.90 Å². The fourth-order valence-electron chi connectivity index (χ4n) is 3.47. The molecule has 25 heavy (non-hydrogen) atoms. The van der Waals surface area contributed by atoms with Gasteiger partial charge in [-0.2, -0.15) is 13.2 Å². The lowest BCUT2D eigenvalue weighted by Gasteiger charge is -2.21. The Hall–Kier alpha value is -1.12. The summed E-state index contributed by atoms with van der Waals surface area (Å²) < 4.78 is 65.8. The predicted octanol–water partition coefficient (Wildman–Crippen LogP) is 3.14. The SMILES string of the molecule is Cc1c(C)c(C)c(S(=O)(=O)NC2CCN(CC(F)(F)F)C2)c(C)c1C. The zero-order chi connectivity index (χ0) is 19.2. The predicted molar refractivity (Wildman–Crippen MR) is 91.3 cm³/mol. The summed E-state index contributed by atoms with van der Waals surface area (Å²) in [6.45, 7) is 8.57. The monoisotopic (exact) mass is 378 g/mol. The number of hydrogen-bond acceptors (Lipinski definition) is 3. The first-order valence-electron chi connectivity index (χ1n) is 8.22. The van der Waals surface area contributed by atoms with Crippen LogP contribution in [0.3, 0.4) is 0 Å². The van der Waals surface area contributed by atoms with Crippen LogP contribution in [0.4, 0.5) is 13.2 Å². The largest absolute Gasteiger partial charge is 0.401 e. The summed E-state index contributed by atoms with van der Waals surface area (Å²) in [5.41, 5.74) is 4.30. The van der Waals surface area contributed by atoms with Gasteiger partial charge in [0.05, 0.1) is 11.4 Å². The highest BCUT2D eigenvalue weighted by Crippen LogP contribution is 2.30. The molecule has 2 rings (SSSR count). The number of alkyl halides is 3. The van der Waals surface area contributed by atoms with Crippen LogP contribution < -0.4 is 4.72 Å². The van der Waals surface area contributed by atoms with Crippen molar-refractivity contribution >= 4 is 10.0 Å². The minimum absolute atomic E-state index is 0.0701. The van der Waals surface area contributed by atoms with Crippen LogP contribution in [-0.4, -0.2) is 45.2 Å². The molecular weight excluding hydrogens is 353 g/mol. The van der Waals surface area contributed by atoms with Crippen molar-refractivity contribution in [2.75, 3.05) is 19.6 Å². The Morgan fingerprint density at radius 1 is 1.00 bits per heavy atom. The van der Waals surface area contributed by atoms with Gasteiger partial charge in [-0.05, 0) is 68.9 Å². The van der Waals surface area contributed by atoms with E-state index in [0.717, 1.165) is 16.7 Å². The summed E-state index contributed by atoms with van der Waals surface area (Å²) >= 11 is 0. The first-order chi connectivity index (χ1) is 11.3. The van der Waals surface area contributed by atoms with E-state index in [9.17, 15) is 21.6 Å². The third-order valence-electron chi connectivity index (χ3n) is 5.20. The summed E-state index contributed by atoms with van der Waals surface area (Å²) in [7, 11) is -3.79. The number of hydrogen-bond donors (Lipinski definition) is 1. The molecule has 0 aliphatic carbocycles. The van der Waals surface area contributed by atoms with Gasteiger partial charge in [-0.1, -0.05) is 0 Å². The fourth-order valence-corrected chi connectivity index (χ4v) is 5.33. The molecular formula is C17H25F3N2O2S. The minimum Gasteiger partial charge on any atom is -0.293 e. The Morgan fingerprint density at radius 2 is 1.48 bits per heavy atom. The quantitative estimate of drug-likeness (QED) is 0.876. The second-order valence-corrected chi connectivity index (χ2v) is 8.56. The van der Waals surface area contributed by atoms with Gasteiger partial charge >= 0.3 is 6.18 Å². The Labute approximate surface area is 147 Å². The maximum absolute atomic E-state index is 12.9. The second kappa shape index (κ2) is 6.89. The summed E-state index contributed by atoms with van der Waals surface area (Å²) in [6.07, 6.45) is -3.90. The highest BCUT2D eigenvalue weighted by atomic mass is 32.2. The molecule has 1 saturated heterocycles. The molecule has 0 spiro atoms. The lowest BCUT2D eigenvalue weighted by Crippen LogP contribution is -2.39. The molecule has 142 valence electrons. The molecule has 1 heterocycles. The number of nitrogens with one attached hydrogen (secondary N) is 1. The van der Waals surface area contributed by atoms with Gasteiger partial charge in [0.15, 0.2) is 0 Å². The molecule has 1 aliphatic heterocycles. The van der Waals surface area contributed by atoms with E-state index in [2.05, 4.69) is 4.72 Å². The maximum atomic E-state index is 12.9. The topological polar surface area (TPSA) is 49.4 Å². The number of halogens is 3. The Kier molecular flexibility index (Phi) is 5.56. The van der Waals surface area contributed by atoms with Crippen molar-refractivity contribution in [1.82, 2.24) is 9.62 Å². The van der Waals surface area contributed by atoms with Gasteiger partial charge in [0.25, 0.3) is 0 Å². The lowest BCUT2D eigenvalue weighted by atomic mass is 9.95. The highest BCUT2D eigenvalue weighted by molar-refractivity contribution is 7.89. The second-order valence-electron chi connectivity index (χ2n) is 6.91. The number of rotatable bonds is 4. The van der Waals surface area contributed by atoms with Crippen molar-refractivity contribution in [3.63, 3.8) is 0 Å². The van der Waals surface area contributed by atoms with Crippen LogP contribution >= 0.6 is 0 Å². The first kappa shape index (κ1) is 20.2. The summed E-state index contributed by atoms with van der Waals surface area (Å²) in [5, 5.41) is 0. The van der Waals surface area contributed by atoms with Crippen molar-refractivity contribution < 1.29 is 21.6 Å². The molecule has 1 aliphatic rings. The normalized spacial score (nSPS) is 19.6. The molecule has 1 unspecified atom stereocenters. The standard InChI is InChI=1S/C17H25F3N2O2S/c1-10-11(2)13(4)16(14(5)12(10)3)25(23,24)21-15-6-7-22(8-15)9-17(18,19)20/h15,21H,6-9H2,1-5H3. The third kappa shape index (κ3) is 4.35. The van der Waals surface area contributed by atoms with Gasteiger partial charge in [0.2, 0.25) is 10.0 Å². The van der Waals surface area contributed by atoms with Crippen LogP contribution in [0.15, 0.2) is 4.90 Å². The molecule has 0 aromatic heterocycles. The van der Waals surface area contributed by atoms with Gasteiger partial charge in [-0.3, -0.25) is 4.90 Å². The van der Waals surface area contributed by atoms with Crippen molar-refractivity contribution in [2.24, 2.45) is 0 Å². The molecule has 4 nitrogen and oxygen atoms in total. The van der Waals surface area contributed by atoms with Crippen LogP contribution in [0.25, 0.3) is 0 Å². The van der Waals surface area contributed by atoms with E-state index >= 15 is 0 Å². The van der Waals surface area contributed by atoms with E-state index < -0.39 is 28.8 Å². The minimum atomic E-state index is -4.27. The third-order valence-corrected chi connectivity index (χ3v) is 6.99. The highest BCUT2D eigenvalue weighted by Gasteiger charge is 2.36. The van der Waals surface area contributed by atoms with E-state index in [1.54, 1.807) is 13.8 Å². The molecule has 0 bridgehead atoms. The molecule has 0 radical (unpaired) electrons. The summed E-state index contributed by atoms with van der Waals surface area (Å²) in [6, 6.07) is -0.506. The van der Waals surface area contributed by atoms with Gasteiger partial charge < -0.3 is 0 Å². The van der Waals surface area contributed by atoms with E-state index in [4.69, 9.17) is 0 Å². The molecule has 1 aromatic carbocycles. The summed E-state index contributed by atoms with van der Waals surface area (Å²) in [5.74, 6) is 0. The van der Waals surface area contributed by atoms with Crippen LogP contribution in [0.1, 0.15) is 34.2 Å². The number of nitrogens with zero attached hydrogens (tertiary/aromatic N) is 1. The average molecular weight is 378 g/mol. The Balaban J connectivity index is 2.25. The van der Waals surface area contributed by atoms with Gasteiger partial charge in [0.1, 0.15) is 0 Å². The van der Waals surface area contributed by atoms with Gasteiger partial charge in [-0.25, -0.2) is 13.1 Å². The zero-order valence-electron chi connectivity index (χ0n) is 15.2. The van der Waals surface area contributed by atoms with Gasteiger partial charge in [0, 0.05) is 19.1 Å². The van der Waals surface area contributed by atoms with Crippen molar-refractivity contribution in [1.29, 1.82) is 0 Å². The average Bonchev–Trinajstić information content (AvgIpc) is 2.86. The lowest BCUT2D eigenvalue weighted by molar-refractivity contribution is -0.143. The number of likely N-dealkylation sites (tertiary alicyclic amines) is 1.